The number of nitrogens with zero attached hydrogens (tertiary/aromatic N) is 2. The molecule has 2 N–H and O–H groups in total. The minimum atomic E-state index is 0.646. The van der Waals surface area contributed by atoms with Crippen molar-refractivity contribution in [3.63, 3.8) is 0 Å². The van der Waals surface area contributed by atoms with Gasteiger partial charge in [-0.1, -0.05) is 27.7 Å². The number of rotatable bonds is 7. The Morgan fingerprint density at radius 2 is 1.40 bits per heavy atom. The van der Waals surface area contributed by atoms with Gasteiger partial charge < -0.3 is 10.6 Å². The van der Waals surface area contributed by atoms with E-state index in [1.54, 1.807) is 0 Å². The summed E-state index contributed by atoms with van der Waals surface area (Å²) in [5.74, 6) is 4.68. The highest BCUT2D eigenvalue weighted by atomic mass is 15.1. The number of anilines is 2. The molecule has 0 aromatic carbocycles. The van der Waals surface area contributed by atoms with Gasteiger partial charge in [0.15, 0.2) is 0 Å². The van der Waals surface area contributed by atoms with Crippen molar-refractivity contribution in [3.05, 3.63) is 11.4 Å². The maximum atomic E-state index is 4.54. The summed E-state index contributed by atoms with van der Waals surface area (Å²) in [7, 11) is 0. The van der Waals surface area contributed by atoms with Gasteiger partial charge in [-0.05, 0) is 38.5 Å². The standard InChI is InChI=1S/C16H30N4/c1-8-17-15-12(6)16(20-13(7)19-15)18-9-14(10(2)3)11(4)5/h10-11,14H,8-9H2,1-7H3,(H2,17,18,19,20). The van der Waals surface area contributed by atoms with Crippen LogP contribution < -0.4 is 10.6 Å². The monoisotopic (exact) mass is 278 g/mol. The first kappa shape index (κ1) is 16.7. The van der Waals surface area contributed by atoms with Crippen molar-refractivity contribution < 1.29 is 0 Å². The normalized spacial score (nSPS) is 11.5. The molecule has 0 atom stereocenters. The fourth-order valence-electron chi connectivity index (χ4n) is 2.60. The Kier molecular flexibility index (Phi) is 6.24. The lowest BCUT2D eigenvalue weighted by Gasteiger charge is -2.26. The van der Waals surface area contributed by atoms with E-state index in [0.717, 1.165) is 36.1 Å². The molecule has 4 heteroatoms. The van der Waals surface area contributed by atoms with Crippen LogP contribution in [0.4, 0.5) is 11.6 Å². The van der Waals surface area contributed by atoms with Crippen LogP contribution in [0.2, 0.25) is 0 Å². The Balaban J connectivity index is 2.86. The lowest BCUT2D eigenvalue weighted by atomic mass is 9.85. The van der Waals surface area contributed by atoms with Crippen LogP contribution in [-0.4, -0.2) is 23.1 Å². The molecule has 1 aromatic heterocycles. The highest BCUT2D eigenvalue weighted by Crippen LogP contribution is 2.24. The molecule has 0 spiro atoms. The van der Waals surface area contributed by atoms with Gasteiger partial charge in [-0.3, -0.25) is 0 Å². The first-order valence-electron chi connectivity index (χ1n) is 7.69. The van der Waals surface area contributed by atoms with Gasteiger partial charge in [0.05, 0.1) is 0 Å². The number of nitrogens with one attached hydrogen (secondary N) is 2. The van der Waals surface area contributed by atoms with E-state index in [-0.39, 0.29) is 0 Å². The quantitative estimate of drug-likeness (QED) is 0.795. The SMILES string of the molecule is CCNc1nc(C)nc(NCC(C(C)C)C(C)C)c1C. The zero-order valence-corrected chi connectivity index (χ0v) is 14.0. The minimum Gasteiger partial charge on any atom is -0.370 e. The summed E-state index contributed by atoms with van der Waals surface area (Å²) in [5.41, 5.74) is 1.10. The van der Waals surface area contributed by atoms with Crippen molar-refractivity contribution in [2.75, 3.05) is 23.7 Å². The molecule has 0 amide bonds. The van der Waals surface area contributed by atoms with E-state index in [1.807, 2.05) is 6.92 Å². The summed E-state index contributed by atoms with van der Waals surface area (Å²) in [6.45, 7) is 17.1. The average molecular weight is 278 g/mol. The summed E-state index contributed by atoms with van der Waals surface area (Å²) in [6.07, 6.45) is 0. The van der Waals surface area contributed by atoms with Crippen molar-refractivity contribution in [2.24, 2.45) is 17.8 Å². The number of hydrogen-bond donors (Lipinski definition) is 2. The molecule has 1 heterocycles. The molecule has 1 rings (SSSR count). The highest BCUT2D eigenvalue weighted by molar-refractivity contribution is 5.57. The molecular formula is C16H30N4. The smallest absolute Gasteiger partial charge is 0.134 e. The molecule has 0 aliphatic heterocycles. The van der Waals surface area contributed by atoms with Gasteiger partial charge >= 0.3 is 0 Å². The molecule has 0 saturated heterocycles. The molecule has 4 nitrogen and oxygen atoms in total. The van der Waals surface area contributed by atoms with E-state index in [2.05, 4.69) is 62.1 Å². The Morgan fingerprint density at radius 1 is 0.900 bits per heavy atom. The van der Waals surface area contributed by atoms with Gasteiger partial charge in [-0.15, -0.1) is 0 Å². The topological polar surface area (TPSA) is 49.8 Å². The largest absolute Gasteiger partial charge is 0.370 e. The first-order valence-corrected chi connectivity index (χ1v) is 7.69. The molecule has 0 aliphatic carbocycles. The first-order chi connectivity index (χ1) is 9.36. The summed E-state index contributed by atoms with van der Waals surface area (Å²) >= 11 is 0. The number of aromatic nitrogens is 2. The van der Waals surface area contributed by atoms with E-state index >= 15 is 0 Å². The minimum absolute atomic E-state index is 0.646. The molecule has 114 valence electrons. The van der Waals surface area contributed by atoms with Gasteiger partial charge in [-0.25, -0.2) is 9.97 Å². The van der Waals surface area contributed by atoms with E-state index < -0.39 is 0 Å². The third kappa shape index (κ3) is 4.36. The Morgan fingerprint density at radius 3 is 1.85 bits per heavy atom. The van der Waals surface area contributed by atoms with Gasteiger partial charge in [0, 0.05) is 18.7 Å². The zero-order valence-electron chi connectivity index (χ0n) is 14.0. The van der Waals surface area contributed by atoms with Crippen LogP contribution in [-0.2, 0) is 0 Å². The molecule has 0 fully saturated rings. The van der Waals surface area contributed by atoms with Crippen molar-refractivity contribution in [3.8, 4) is 0 Å². The van der Waals surface area contributed by atoms with Gasteiger partial charge in [0.25, 0.3) is 0 Å². The predicted octanol–water partition coefficient (Wildman–Crippen LogP) is 3.87. The number of aryl methyl sites for hydroxylation is 1. The third-order valence-corrected chi connectivity index (χ3v) is 3.82. The fourth-order valence-corrected chi connectivity index (χ4v) is 2.60. The highest BCUT2D eigenvalue weighted by Gasteiger charge is 2.18. The summed E-state index contributed by atoms with van der Waals surface area (Å²) in [4.78, 5) is 9.00. The van der Waals surface area contributed by atoms with Crippen LogP contribution >= 0.6 is 0 Å². The molecule has 20 heavy (non-hydrogen) atoms. The molecule has 0 bridgehead atoms. The second kappa shape index (κ2) is 7.46. The molecule has 0 saturated carbocycles. The molecule has 1 aromatic rings. The van der Waals surface area contributed by atoms with E-state index in [0.29, 0.717) is 17.8 Å². The molecule has 0 unspecified atom stereocenters. The van der Waals surface area contributed by atoms with Crippen molar-refractivity contribution in [1.82, 2.24) is 9.97 Å². The summed E-state index contributed by atoms with van der Waals surface area (Å²) in [6, 6.07) is 0. The predicted molar refractivity (Wildman–Crippen MR) is 87.3 cm³/mol. The van der Waals surface area contributed by atoms with Crippen molar-refractivity contribution >= 4 is 11.6 Å². The second-order valence-electron chi connectivity index (χ2n) is 6.16. The molecule has 0 aliphatic rings. The number of hydrogen-bond acceptors (Lipinski definition) is 4. The lowest BCUT2D eigenvalue weighted by Crippen LogP contribution is -2.25. The van der Waals surface area contributed by atoms with Gasteiger partial charge in [0.1, 0.15) is 17.5 Å². The Labute approximate surface area is 123 Å². The maximum absolute atomic E-state index is 4.54. The van der Waals surface area contributed by atoms with Crippen LogP contribution in [0.3, 0.4) is 0 Å². The van der Waals surface area contributed by atoms with E-state index in [9.17, 15) is 0 Å². The van der Waals surface area contributed by atoms with Crippen LogP contribution in [0.25, 0.3) is 0 Å². The van der Waals surface area contributed by atoms with Crippen LogP contribution in [0.5, 0.6) is 0 Å². The van der Waals surface area contributed by atoms with Crippen LogP contribution in [0, 0.1) is 31.6 Å². The fraction of sp³-hybridized carbons (Fsp3) is 0.750. The summed E-state index contributed by atoms with van der Waals surface area (Å²) in [5, 5.41) is 6.82. The lowest BCUT2D eigenvalue weighted by molar-refractivity contribution is 0.304. The van der Waals surface area contributed by atoms with Gasteiger partial charge in [0.2, 0.25) is 0 Å². The average Bonchev–Trinajstić information content (AvgIpc) is 2.34. The van der Waals surface area contributed by atoms with E-state index in [4.69, 9.17) is 0 Å². The maximum Gasteiger partial charge on any atom is 0.134 e. The third-order valence-electron chi connectivity index (χ3n) is 3.82. The van der Waals surface area contributed by atoms with Crippen LogP contribution in [0.1, 0.15) is 46.0 Å². The van der Waals surface area contributed by atoms with Crippen molar-refractivity contribution in [2.45, 2.75) is 48.5 Å². The van der Waals surface area contributed by atoms with Crippen molar-refractivity contribution in [1.29, 1.82) is 0 Å². The Bertz CT molecular complexity index is 419. The van der Waals surface area contributed by atoms with E-state index in [1.165, 1.54) is 0 Å². The van der Waals surface area contributed by atoms with Crippen LogP contribution in [0.15, 0.2) is 0 Å². The second-order valence-corrected chi connectivity index (χ2v) is 6.16. The molecule has 0 radical (unpaired) electrons. The Hall–Kier alpha value is -1.32. The molecular weight excluding hydrogens is 248 g/mol. The zero-order chi connectivity index (χ0) is 15.3. The summed E-state index contributed by atoms with van der Waals surface area (Å²) < 4.78 is 0. The van der Waals surface area contributed by atoms with Gasteiger partial charge in [-0.2, -0.15) is 0 Å².